The molecule has 2 nitrogen and oxygen atoms in total. The average molecular weight is 323 g/mol. The second-order valence-corrected chi connectivity index (χ2v) is 7.25. The smallest absolute Gasteiger partial charge is 0.261 e. The third-order valence-electron chi connectivity index (χ3n) is 3.83. The maximum atomic E-state index is 12.6. The first-order valence-electron chi connectivity index (χ1n) is 7.91. The van der Waals surface area contributed by atoms with Gasteiger partial charge >= 0.3 is 0 Å². The van der Waals surface area contributed by atoms with Crippen LogP contribution >= 0.6 is 11.3 Å². The van der Waals surface area contributed by atoms with Crippen molar-refractivity contribution in [2.75, 3.05) is 0 Å². The van der Waals surface area contributed by atoms with Crippen LogP contribution in [0.3, 0.4) is 0 Å². The first-order chi connectivity index (χ1) is 11.0. The van der Waals surface area contributed by atoms with E-state index in [2.05, 4.69) is 48.6 Å². The van der Waals surface area contributed by atoms with Crippen LogP contribution in [0.2, 0.25) is 0 Å². The molecule has 23 heavy (non-hydrogen) atoms. The standard InChI is InChI=1S/C20H21NOS/c1-13(2)21-20(22)19-17(12-15-10-8-14(3)9-11-15)16-6-4-5-7-18(16)23-19/h4-11,13H,12H2,1-3H3,(H,21,22). The third-order valence-corrected chi connectivity index (χ3v) is 5.04. The zero-order chi connectivity index (χ0) is 16.4. The van der Waals surface area contributed by atoms with E-state index in [1.807, 2.05) is 26.0 Å². The number of rotatable bonds is 4. The Hall–Kier alpha value is -2.13. The highest BCUT2D eigenvalue weighted by Crippen LogP contribution is 2.33. The van der Waals surface area contributed by atoms with Gasteiger partial charge in [0, 0.05) is 10.7 Å². The maximum absolute atomic E-state index is 12.6. The second-order valence-electron chi connectivity index (χ2n) is 6.20. The summed E-state index contributed by atoms with van der Waals surface area (Å²) in [6, 6.07) is 16.9. The molecule has 1 amide bonds. The normalized spacial score (nSPS) is 11.1. The Balaban J connectivity index is 2.05. The summed E-state index contributed by atoms with van der Waals surface area (Å²) in [6.45, 7) is 6.07. The van der Waals surface area contributed by atoms with Gasteiger partial charge in [0.05, 0.1) is 4.88 Å². The molecule has 118 valence electrons. The van der Waals surface area contributed by atoms with E-state index in [9.17, 15) is 4.79 Å². The molecule has 0 spiro atoms. The lowest BCUT2D eigenvalue weighted by atomic mass is 10.0. The van der Waals surface area contributed by atoms with E-state index in [1.54, 1.807) is 11.3 Å². The molecule has 1 aromatic heterocycles. The molecule has 2 aromatic carbocycles. The number of nitrogens with one attached hydrogen (secondary N) is 1. The summed E-state index contributed by atoms with van der Waals surface area (Å²) >= 11 is 1.58. The number of fused-ring (bicyclic) bond motifs is 1. The van der Waals surface area contributed by atoms with Crippen molar-refractivity contribution in [3.05, 3.63) is 70.1 Å². The molecule has 0 atom stereocenters. The van der Waals surface area contributed by atoms with Crippen LogP contribution in [0.1, 0.15) is 40.2 Å². The van der Waals surface area contributed by atoms with Gasteiger partial charge in [0.25, 0.3) is 5.91 Å². The Morgan fingerprint density at radius 1 is 1.09 bits per heavy atom. The monoisotopic (exact) mass is 323 g/mol. The molecule has 0 bridgehead atoms. The summed E-state index contributed by atoms with van der Waals surface area (Å²) in [5.41, 5.74) is 3.62. The lowest BCUT2D eigenvalue weighted by Gasteiger charge is -2.09. The van der Waals surface area contributed by atoms with E-state index in [4.69, 9.17) is 0 Å². The Labute approximate surface area is 141 Å². The van der Waals surface area contributed by atoms with Gasteiger partial charge in [-0.05, 0) is 49.8 Å². The Bertz CT molecular complexity index is 830. The van der Waals surface area contributed by atoms with Crippen molar-refractivity contribution < 1.29 is 4.79 Å². The van der Waals surface area contributed by atoms with Gasteiger partial charge in [-0.3, -0.25) is 4.79 Å². The molecule has 0 saturated carbocycles. The molecule has 0 saturated heterocycles. The summed E-state index contributed by atoms with van der Waals surface area (Å²) in [5, 5.41) is 4.21. The molecule has 0 aliphatic carbocycles. The fourth-order valence-corrected chi connectivity index (χ4v) is 3.82. The van der Waals surface area contributed by atoms with E-state index in [-0.39, 0.29) is 11.9 Å². The van der Waals surface area contributed by atoms with Gasteiger partial charge < -0.3 is 5.32 Å². The highest BCUT2D eigenvalue weighted by molar-refractivity contribution is 7.21. The molecule has 3 aromatic rings. The molecule has 1 heterocycles. The van der Waals surface area contributed by atoms with Gasteiger partial charge in [-0.1, -0.05) is 48.0 Å². The highest BCUT2D eigenvalue weighted by Gasteiger charge is 2.18. The number of thiophene rings is 1. The van der Waals surface area contributed by atoms with Crippen molar-refractivity contribution in [1.82, 2.24) is 5.32 Å². The quantitative estimate of drug-likeness (QED) is 0.724. The van der Waals surface area contributed by atoms with Crippen LogP contribution in [0.25, 0.3) is 10.1 Å². The Morgan fingerprint density at radius 3 is 2.48 bits per heavy atom. The highest BCUT2D eigenvalue weighted by atomic mass is 32.1. The molecule has 3 heteroatoms. The summed E-state index contributed by atoms with van der Waals surface area (Å²) in [6.07, 6.45) is 0.783. The SMILES string of the molecule is Cc1ccc(Cc2c(C(=O)NC(C)C)sc3ccccc23)cc1. The van der Waals surface area contributed by atoms with Gasteiger partial charge in [-0.2, -0.15) is 0 Å². The molecule has 0 fully saturated rings. The van der Waals surface area contributed by atoms with Crippen molar-refractivity contribution in [3.8, 4) is 0 Å². The summed E-state index contributed by atoms with van der Waals surface area (Å²) in [4.78, 5) is 13.4. The summed E-state index contributed by atoms with van der Waals surface area (Å²) in [7, 11) is 0. The van der Waals surface area contributed by atoms with Crippen molar-refractivity contribution in [2.45, 2.75) is 33.2 Å². The molecular formula is C20H21NOS. The van der Waals surface area contributed by atoms with Crippen molar-refractivity contribution in [1.29, 1.82) is 0 Å². The zero-order valence-corrected chi connectivity index (χ0v) is 14.5. The third kappa shape index (κ3) is 3.45. The minimum atomic E-state index is 0.0308. The van der Waals surface area contributed by atoms with Gasteiger partial charge in [0.15, 0.2) is 0 Å². The molecule has 0 aliphatic rings. The number of amides is 1. The molecule has 3 rings (SSSR count). The first-order valence-corrected chi connectivity index (χ1v) is 8.73. The van der Waals surface area contributed by atoms with Gasteiger partial charge in [0.2, 0.25) is 0 Å². The van der Waals surface area contributed by atoms with E-state index in [0.717, 1.165) is 16.9 Å². The van der Waals surface area contributed by atoms with E-state index in [0.29, 0.717) is 0 Å². The number of hydrogen-bond donors (Lipinski definition) is 1. The van der Waals surface area contributed by atoms with Crippen LogP contribution in [0, 0.1) is 6.92 Å². The van der Waals surface area contributed by atoms with Crippen LogP contribution < -0.4 is 5.32 Å². The van der Waals surface area contributed by atoms with Crippen molar-refractivity contribution in [3.63, 3.8) is 0 Å². The van der Waals surface area contributed by atoms with Crippen molar-refractivity contribution >= 4 is 27.3 Å². The Morgan fingerprint density at radius 2 is 1.78 bits per heavy atom. The van der Waals surface area contributed by atoms with Crippen LogP contribution in [0.15, 0.2) is 48.5 Å². The molecule has 0 radical (unpaired) electrons. The number of benzene rings is 2. The van der Waals surface area contributed by atoms with E-state index in [1.165, 1.54) is 21.2 Å². The van der Waals surface area contributed by atoms with Crippen molar-refractivity contribution in [2.24, 2.45) is 0 Å². The van der Waals surface area contributed by atoms with Crippen LogP contribution in [-0.2, 0) is 6.42 Å². The van der Waals surface area contributed by atoms with E-state index < -0.39 is 0 Å². The number of carbonyl (C=O) groups excluding carboxylic acids is 1. The minimum Gasteiger partial charge on any atom is -0.349 e. The number of carbonyl (C=O) groups is 1. The number of hydrogen-bond acceptors (Lipinski definition) is 2. The molecule has 0 unspecified atom stereocenters. The summed E-state index contributed by atoms with van der Waals surface area (Å²) in [5.74, 6) is 0.0308. The van der Waals surface area contributed by atoms with E-state index >= 15 is 0 Å². The predicted molar refractivity (Wildman–Crippen MR) is 98.4 cm³/mol. The van der Waals surface area contributed by atoms with Gasteiger partial charge in [0.1, 0.15) is 0 Å². The minimum absolute atomic E-state index is 0.0308. The largest absolute Gasteiger partial charge is 0.349 e. The fourth-order valence-electron chi connectivity index (χ4n) is 2.70. The number of aryl methyl sites for hydroxylation is 1. The molecule has 0 aliphatic heterocycles. The predicted octanol–water partition coefficient (Wildman–Crippen LogP) is 4.94. The van der Waals surface area contributed by atoms with Crippen LogP contribution in [-0.4, -0.2) is 11.9 Å². The molecule has 1 N–H and O–H groups in total. The van der Waals surface area contributed by atoms with Crippen LogP contribution in [0.4, 0.5) is 0 Å². The second kappa shape index (κ2) is 6.55. The van der Waals surface area contributed by atoms with Gasteiger partial charge in [-0.15, -0.1) is 11.3 Å². The summed E-state index contributed by atoms with van der Waals surface area (Å²) < 4.78 is 1.17. The maximum Gasteiger partial charge on any atom is 0.261 e. The molecular weight excluding hydrogens is 302 g/mol. The zero-order valence-electron chi connectivity index (χ0n) is 13.7. The van der Waals surface area contributed by atoms with Gasteiger partial charge in [-0.25, -0.2) is 0 Å². The lowest BCUT2D eigenvalue weighted by Crippen LogP contribution is -2.30. The average Bonchev–Trinajstić information content (AvgIpc) is 2.88. The van der Waals surface area contributed by atoms with Crippen LogP contribution in [0.5, 0.6) is 0 Å². The lowest BCUT2D eigenvalue weighted by molar-refractivity contribution is 0.0946. The fraction of sp³-hybridized carbons (Fsp3) is 0.250. The first kappa shape index (κ1) is 15.8. The Kier molecular flexibility index (Phi) is 4.49. The topological polar surface area (TPSA) is 29.1 Å².